The maximum absolute atomic E-state index is 8.91. The van der Waals surface area contributed by atoms with Gasteiger partial charge < -0.3 is 4.90 Å². The van der Waals surface area contributed by atoms with Gasteiger partial charge in [-0.1, -0.05) is 12.0 Å². The number of aliphatic imine (C=N–C) groups is 2. The molecule has 24 heavy (non-hydrogen) atoms. The highest BCUT2D eigenvalue weighted by Crippen LogP contribution is 2.55. The first-order chi connectivity index (χ1) is 11.8. The summed E-state index contributed by atoms with van der Waals surface area (Å²) in [6.07, 6.45) is 19.3. The second-order valence-corrected chi connectivity index (χ2v) is 7.61. The molecule has 0 N–H and O–H groups in total. The molecule has 0 aromatic rings. The molecule has 1 fully saturated rings. The Hall–Kier alpha value is -2.15. The largest absolute Gasteiger partial charge is 0.318 e. The molecule has 3 aliphatic carbocycles. The maximum atomic E-state index is 8.91. The van der Waals surface area contributed by atoms with Crippen LogP contribution in [0.3, 0.4) is 0 Å². The van der Waals surface area contributed by atoms with E-state index in [9.17, 15) is 0 Å². The maximum Gasteiger partial charge on any atom is 0.206 e. The van der Waals surface area contributed by atoms with Crippen LogP contribution in [0.5, 0.6) is 0 Å². The van der Waals surface area contributed by atoms with Gasteiger partial charge >= 0.3 is 0 Å². The Bertz CT molecular complexity index is 789. The average Bonchev–Trinajstić information content (AvgIpc) is 2.94. The molecular weight excluding hydrogens is 296 g/mol. The zero-order valence-electron chi connectivity index (χ0n) is 14.0. The molecule has 4 nitrogen and oxygen atoms in total. The van der Waals surface area contributed by atoms with Crippen LogP contribution in [0, 0.1) is 17.4 Å². The molecule has 4 heteroatoms. The Morgan fingerprint density at radius 1 is 1.21 bits per heavy atom. The van der Waals surface area contributed by atoms with Gasteiger partial charge in [0.05, 0.1) is 17.1 Å². The minimum Gasteiger partial charge on any atom is -0.318 e. The Kier molecular flexibility index (Phi) is 3.06. The van der Waals surface area contributed by atoms with Crippen molar-refractivity contribution < 1.29 is 0 Å². The van der Waals surface area contributed by atoms with Crippen molar-refractivity contribution in [3.05, 3.63) is 35.2 Å². The van der Waals surface area contributed by atoms with Crippen molar-refractivity contribution in [2.75, 3.05) is 0 Å². The fraction of sp³-hybridized carbons (Fsp3) is 0.550. The zero-order chi connectivity index (χ0) is 16.1. The van der Waals surface area contributed by atoms with E-state index in [1.807, 2.05) is 12.3 Å². The standard InChI is InChI=1S/C20H22N4/c21-13-22-16-8-9-17-19(12-16)24-18-7-2-1-5-14(18)11-15-6-3-4-10-20(15,24)23-17/h8-9,12,15H,1-7,10-11H2. The molecule has 5 rings (SSSR count). The van der Waals surface area contributed by atoms with Crippen molar-refractivity contribution in [2.24, 2.45) is 15.9 Å². The Labute approximate surface area is 143 Å². The van der Waals surface area contributed by atoms with Crippen LogP contribution in [-0.4, -0.2) is 22.0 Å². The molecule has 2 atom stereocenters. The summed E-state index contributed by atoms with van der Waals surface area (Å²) in [5.74, 6) is 0.645. The van der Waals surface area contributed by atoms with E-state index in [1.54, 1.807) is 5.57 Å². The molecule has 122 valence electrons. The molecule has 0 saturated heterocycles. The Balaban J connectivity index is 1.69. The second-order valence-electron chi connectivity index (χ2n) is 7.61. The topological polar surface area (TPSA) is 51.8 Å². The predicted octanol–water partition coefficient (Wildman–Crippen LogP) is 4.24. The van der Waals surface area contributed by atoms with Gasteiger partial charge in [0.25, 0.3) is 0 Å². The molecule has 2 unspecified atom stereocenters. The predicted molar refractivity (Wildman–Crippen MR) is 94.3 cm³/mol. The van der Waals surface area contributed by atoms with Gasteiger partial charge in [-0.2, -0.15) is 10.3 Å². The number of nitriles is 1. The smallest absolute Gasteiger partial charge is 0.206 e. The zero-order valence-corrected chi connectivity index (χ0v) is 14.0. The first kappa shape index (κ1) is 14.2. The highest BCUT2D eigenvalue weighted by atomic mass is 15.4. The highest BCUT2D eigenvalue weighted by Gasteiger charge is 2.54. The minimum atomic E-state index is -0.0535. The van der Waals surface area contributed by atoms with Crippen molar-refractivity contribution in [3.63, 3.8) is 0 Å². The van der Waals surface area contributed by atoms with Gasteiger partial charge in [0.2, 0.25) is 6.19 Å². The lowest BCUT2D eigenvalue weighted by molar-refractivity contribution is 0.0498. The van der Waals surface area contributed by atoms with Gasteiger partial charge in [-0.05, 0) is 69.6 Å². The van der Waals surface area contributed by atoms with Crippen molar-refractivity contribution in [3.8, 4) is 6.19 Å². The third-order valence-electron chi connectivity index (χ3n) is 6.39. The lowest BCUT2D eigenvalue weighted by atomic mass is 9.70. The number of nitrogens with zero attached hydrogens (tertiary/aromatic N) is 4. The van der Waals surface area contributed by atoms with Gasteiger partial charge in [-0.25, -0.2) is 0 Å². The number of rotatable bonds is 0. The van der Waals surface area contributed by atoms with E-state index >= 15 is 0 Å². The minimum absolute atomic E-state index is 0.0535. The van der Waals surface area contributed by atoms with Crippen LogP contribution in [0.15, 0.2) is 45.2 Å². The third-order valence-corrected chi connectivity index (χ3v) is 6.39. The fourth-order valence-corrected chi connectivity index (χ4v) is 5.42. The van der Waals surface area contributed by atoms with Crippen molar-refractivity contribution >= 4 is 11.4 Å². The Morgan fingerprint density at radius 2 is 2.12 bits per heavy atom. The number of hydrogen-bond acceptors (Lipinski definition) is 4. The summed E-state index contributed by atoms with van der Waals surface area (Å²) in [6, 6.07) is 0. The van der Waals surface area contributed by atoms with Crippen molar-refractivity contribution in [1.29, 1.82) is 5.26 Å². The van der Waals surface area contributed by atoms with E-state index in [-0.39, 0.29) is 5.66 Å². The molecule has 5 aliphatic rings. The summed E-state index contributed by atoms with van der Waals surface area (Å²) in [5.41, 5.74) is 6.19. The van der Waals surface area contributed by atoms with Crippen molar-refractivity contribution in [1.82, 2.24) is 4.90 Å². The molecule has 0 bridgehead atoms. The fourth-order valence-electron chi connectivity index (χ4n) is 5.42. The van der Waals surface area contributed by atoms with E-state index in [4.69, 9.17) is 10.3 Å². The average molecular weight is 318 g/mol. The molecule has 0 aromatic carbocycles. The number of allylic oxidation sites excluding steroid dienone is 5. The van der Waals surface area contributed by atoms with Crippen LogP contribution in [0.2, 0.25) is 0 Å². The summed E-state index contributed by atoms with van der Waals surface area (Å²) >= 11 is 0. The van der Waals surface area contributed by atoms with Gasteiger partial charge in [0, 0.05) is 11.6 Å². The van der Waals surface area contributed by atoms with E-state index in [0.717, 1.165) is 17.8 Å². The summed E-state index contributed by atoms with van der Waals surface area (Å²) in [5, 5.41) is 8.91. The van der Waals surface area contributed by atoms with Gasteiger partial charge in [-0.15, -0.1) is 0 Å². The molecular formula is C20H22N4. The molecule has 1 saturated carbocycles. The van der Waals surface area contributed by atoms with E-state index < -0.39 is 0 Å². The van der Waals surface area contributed by atoms with Crippen LogP contribution in [-0.2, 0) is 0 Å². The van der Waals surface area contributed by atoms with Crippen LogP contribution < -0.4 is 0 Å². The normalized spacial score (nSPS) is 35.5. The van der Waals surface area contributed by atoms with E-state index in [0.29, 0.717) is 5.92 Å². The van der Waals surface area contributed by atoms with Gasteiger partial charge in [0.15, 0.2) is 0 Å². The third kappa shape index (κ3) is 1.84. The number of hydrogen-bond donors (Lipinski definition) is 0. The molecule has 0 amide bonds. The number of fused-ring (bicyclic) bond motifs is 3. The molecule has 2 heterocycles. The molecule has 0 aromatic heterocycles. The summed E-state index contributed by atoms with van der Waals surface area (Å²) in [7, 11) is 0. The second kappa shape index (κ2) is 5.17. The lowest BCUT2D eigenvalue weighted by Crippen LogP contribution is -2.53. The van der Waals surface area contributed by atoms with E-state index in [2.05, 4.69) is 22.0 Å². The summed E-state index contributed by atoms with van der Waals surface area (Å²) in [4.78, 5) is 11.8. The van der Waals surface area contributed by atoms with Gasteiger partial charge in [-0.3, -0.25) is 4.99 Å². The summed E-state index contributed by atoms with van der Waals surface area (Å²) in [6.45, 7) is 0. The Morgan fingerprint density at radius 3 is 3.04 bits per heavy atom. The first-order valence-corrected chi connectivity index (χ1v) is 9.30. The quantitative estimate of drug-likeness (QED) is 0.495. The highest BCUT2D eigenvalue weighted by molar-refractivity contribution is 6.22. The molecule has 0 radical (unpaired) electrons. The van der Waals surface area contributed by atoms with Gasteiger partial charge in [0.1, 0.15) is 5.66 Å². The monoisotopic (exact) mass is 318 g/mol. The first-order valence-electron chi connectivity index (χ1n) is 9.30. The molecule has 1 spiro atoms. The van der Waals surface area contributed by atoms with E-state index in [1.165, 1.54) is 62.8 Å². The SMILES string of the molecule is N#CN=C1C=CC2=NC34CCCCC3CC3=C(CCCC3)N4C2=C1. The van der Waals surface area contributed by atoms with Crippen molar-refractivity contribution in [2.45, 2.75) is 63.5 Å². The summed E-state index contributed by atoms with van der Waals surface area (Å²) < 4.78 is 0. The van der Waals surface area contributed by atoms with Crippen LogP contribution in [0.25, 0.3) is 0 Å². The lowest BCUT2D eigenvalue weighted by Gasteiger charge is -2.52. The molecule has 2 aliphatic heterocycles. The van der Waals surface area contributed by atoms with Crippen LogP contribution >= 0.6 is 0 Å². The van der Waals surface area contributed by atoms with Crippen LogP contribution in [0.4, 0.5) is 0 Å². The van der Waals surface area contributed by atoms with Crippen LogP contribution in [0.1, 0.15) is 57.8 Å².